The van der Waals surface area contributed by atoms with Gasteiger partial charge >= 0.3 is 0 Å². The lowest BCUT2D eigenvalue weighted by molar-refractivity contribution is 0.631. The second-order valence-corrected chi connectivity index (χ2v) is 15.2. The molecular formula is C58H39NO. The van der Waals surface area contributed by atoms with Crippen LogP contribution in [0, 0.1) is 0 Å². The Morgan fingerprint density at radius 3 is 1.40 bits per heavy atom. The molecule has 0 spiro atoms. The predicted molar refractivity (Wildman–Crippen MR) is 253 cm³/mol. The Balaban J connectivity index is 1.04. The summed E-state index contributed by atoms with van der Waals surface area (Å²) in [4.78, 5) is 2.35. The number of anilines is 3. The van der Waals surface area contributed by atoms with E-state index >= 15 is 0 Å². The van der Waals surface area contributed by atoms with Gasteiger partial charge in [-0.2, -0.15) is 0 Å². The SMILES string of the molecule is c1ccc(-c2ccccc2-c2ccccc2-c2ccc(N(c3ccc(-c4cc5ccccc5c5ccccc45)cc3)c3ccccc3-c3cc4ccccc4o3)cc2)cc1. The summed E-state index contributed by atoms with van der Waals surface area (Å²) in [6.07, 6.45) is 0. The van der Waals surface area contributed by atoms with Gasteiger partial charge in [-0.25, -0.2) is 0 Å². The van der Waals surface area contributed by atoms with E-state index in [0.717, 1.165) is 44.9 Å². The van der Waals surface area contributed by atoms with Gasteiger partial charge in [0.2, 0.25) is 0 Å². The van der Waals surface area contributed by atoms with Crippen molar-refractivity contribution in [3.8, 4) is 55.8 Å². The molecular weight excluding hydrogens is 727 g/mol. The summed E-state index contributed by atoms with van der Waals surface area (Å²) in [6.45, 7) is 0. The van der Waals surface area contributed by atoms with Gasteiger partial charge < -0.3 is 9.32 Å². The molecule has 0 aliphatic rings. The normalized spacial score (nSPS) is 11.3. The fraction of sp³-hybridized carbons (Fsp3) is 0. The number of furan rings is 1. The molecule has 0 fully saturated rings. The van der Waals surface area contributed by atoms with Gasteiger partial charge in [0.1, 0.15) is 11.3 Å². The number of benzene rings is 10. The molecule has 282 valence electrons. The fourth-order valence-electron chi connectivity index (χ4n) is 8.85. The number of hydrogen-bond acceptors (Lipinski definition) is 2. The van der Waals surface area contributed by atoms with Crippen LogP contribution >= 0.6 is 0 Å². The summed E-state index contributed by atoms with van der Waals surface area (Å²) < 4.78 is 6.52. The molecule has 1 heterocycles. The van der Waals surface area contributed by atoms with Crippen molar-refractivity contribution >= 4 is 49.6 Å². The van der Waals surface area contributed by atoms with Crippen LogP contribution < -0.4 is 4.90 Å². The van der Waals surface area contributed by atoms with Crippen molar-refractivity contribution in [2.45, 2.75) is 0 Å². The molecule has 0 saturated carbocycles. The van der Waals surface area contributed by atoms with Gasteiger partial charge in [-0.3, -0.25) is 0 Å². The number of nitrogens with zero attached hydrogens (tertiary/aromatic N) is 1. The highest BCUT2D eigenvalue weighted by Crippen LogP contribution is 2.45. The molecule has 0 N–H and O–H groups in total. The van der Waals surface area contributed by atoms with Crippen LogP contribution in [0.25, 0.3) is 88.3 Å². The standard InChI is InChI=1S/C58H39NO/c1-2-16-40(17-3-1)47-20-7-9-23-50(47)51-24-10-8-21-48(51)41-30-34-45(35-31-41)59(56-28-14-13-27-54(56)58-39-44-19-5-15-29-57(44)60-58)46-36-32-42(33-37-46)55-38-43-18-4-6-22-49(43)52-25-11-12-26-53(52)55/h1-39H. The van der Waals surface area contributed by atoms with E-state index in [1.165, 1.54) is 60.5 Å². The molecule has 1 aromatic heterocycles. The topological polar surface area (TPSA) is 16.4 Å². The highest BCUT2D eigenvalue weighted by Gasteiger charge is 2.21. The van der Waals surface area contributed by atoms with E-state index in [9.17, 15) is 0 Å². The van der Waals surface area contributed by atoms with Gasteiger partial charge in [-0.1, -0.05) is 182 Å². The fourth-order valence-corrected chi connectivity index (χ4v) is 8.85. The van der Waals surface area contributed by atoms with Gasteiger partial charge in [-0.15, -0.1) is 0 Å². The van der Waals surface area contributed by atoms with Crippen molar-refractivity contribution < 1.29 is 4.42 Å². The zero-order valence-corrected chi connectivity index (χ0v) is 32.9. The molecule has 0 bridgehead atoms. The van der Waals surface area contributed by atoms with Crippen molar-refractivity contribution in [2.75, 3.05) is 4.90 Å². The third kappa shape index (κ3) is 6.32. The summed E-state index contributed by atoms with van der Waals surface area (Å²) in [5.41, 5.74) is 14.6. The lowest BCUT2D eigenvalue weighted by Gasteiger charge is -2.28. The Bertz CT molecular complexity index is 3270. The van der Waals surface area contributed by atoms with Crippen LogP contribution in [0.4, 0.5) is 17.1 Å². The second-order valence-electron chi connectivity index (χ2n) is 15.2. The van der Waals surface area contributed by atoms with Crippen LogP contribution in [-0.2, 0) is 0 Å². The van der Waals surface area contributed by atoms with Gasteiger partial charge in [0.15, 0.2) is 0 Å². The Morgan fingerprint density at radius 1 is 0.283 bits per heavy atom. The average molecular weight is 766 g/mol. The van der Waals surface area contributed by atoms with E-state index in [1.54, 1.807) is 0 Å². The minimum atomic E-state index is 0.832. The number of hydrogen-bond donors (Lipinski definition) is 0. The van der Waals surface area contributed by atoms with Crippen LogP contribution in [0.15, 0.2) is 241 Å². The quantitative estimate of drug-likeness (QED) is 0.143. The zero-order valence-electron chi connectivity index (χ0n) is 32.9. The number of para-hydroxylation sites is 2. The molecule has 60 heavy (non-hydrogen) atoms. The van der Waals surface area contributed by atoms with Crippen molar-refractivity contribution in [3.05, 3.63) is 237 Å². The third-order valence-electron chi connectivity index (χ3n) is 11.7. The Labute approximate surface area is 349 Å². The molecule has 0 unspecified atom stereocenters. The van der Waals surface area contributed by atoms with Crippen molar-refractivity contribution in [1.29, 1.82) is 0 Å². The second kappa shape index (κ2) is 15.1. The van der Waals surface area contributed by atoms with E-state index in [-0.39, 0.29) is 0 Å². The van der Waals surface area contributed by atoms with Crippen LogP contribution in [-0.4, -0.2) is 0 Å². The number of fused-ring (bicyclic) bond motifs is 4. The molecule has 0 saturated heterocycles. The summed E-state index contributed by atoms with van der Waals surface area (Å²) in [6, 6.07) is 84.8. The molecule has 10 aromatic carbocycles. The van der Waals surface area contributed by atoms with Crippen molar-refractivity contribution in [1.82, 2.24) is 0 Å². The summed E-state index contributed by atoms with van der Waals surface area (Å²) in [7, 11) is 0. The first-order valence-electron chi connectivity index (χ1n) is 20.5. The predicted octanol–water partition coefficient (Wildman–Crippen LogP) is 16.5. The van der Waals surface area contributed by atoms with Gasteiger partial charge in [0.05, 0.1) is 5.69 Å². The van der Waals surface area contributed by atoms with Crippen molar-refractivity contribution in [2.24, 2.45) is 0 Å². The molecule has 11 rings (SSSR count). The molecule has 0 atom stereocenters. The van der Waals surface area contributed by atoms with E-state index in [4.69, 9.17) is 4.42 Å². The molecule has 11 aromatic rings. The summed E-state index contributed by atoms with van der Waals surface area (Å²) in [5.74, 6) is 0.832. The van der Waals surface area contributed by atoms with Crippen LogP contribution in [0.3, 0.4) is 0 Å². The molecule has 0 radical (unpaired) electrons. The minimum Gasteiger partial charge on any atom is -0.456 e. The smallest absolute Gasteiger partial charge is 0.137 e. The number of rotatable bonds is 8. The highest BCUT2D eigenvalue weighted by molar-refractivity contribution is 6.13. The van der Waals surface area contributed by atoms with Gasteiger partial charge in [0.25, 0.3) is 0 Å². The molecule has 0 amide bonds. The molecule has 2 heteroatoms. The third-order valence-corrected chi connectivity index (χ3v) is 11.7. The maximum atomic E-state index is 6.52. The maximum Gasteiger partial charge on any atom is 0.137 e. The van der Waals surface area contributed by atoms with Crippen LogP contribution in [0.1, 0.15) is 0 Å². The Kier molecular flexibility index (Phi) is 8.87. The summed E-state index contributed by atoms with van der Waals surface area (Å²) >= 11 is 0. The van der Waals surface area contributed by atoms with Gasteiger partial charge in [-0.05, 0) is 121 Å². The van der Waals surface area contributed by atoms with E-state index in [1.807, 2.05) is 12.1 Å². The molecule has 0 aliphatic heterocycles. The van der Waals surface area contributed by atoms with E-state index in [2.05, 4.69) is 229 Å². The Morgan fingerprint density at radius 2 is 0.750 bits per heavy atom. The van der Waals surface area contributed by atoms with Gasteiger partial charge in [0, 0.05) is 22.3 Å². The first-order valence-corrected chi connectivity index (χ1v) is 20.5. The van der Waals surface area contributed by atoms with E-state index in [0.29, 0.717) is 0 Å². The first-order chi connectivity index (χ1) is 29.8. The largest absolute Gasteiger partial charge is 0.456 e. The van der Waals surface area contributed by atoms with Crippen LogP contribution in [0.5, 0.6) is 0 Å². The van der Waals surface area contributed by atoms with E-state index < -0.39 is 0 Å². The Hall–Kier alpha value is -7.94. The lowest BCUT2D eigenvalue weighted by atomic mass is 9.89. The highest BCUT2D eigenvalue weighted by atomic mass is 16.3. The maximum absolute atomic E-state index is 6.52. The monoisotopic (exact) mass is 765 g/mol. The minimum absolute atomic E-state index is 0.832. The van der Waals surface area contributed by atoms with Crippen LogP contribution in [0.2, 0.25) is 0 Å². The average Bonchev–Trinajstić information content (AvgIpc) is 3.77. The molecule has 2 nitrogen and oxygen atoms in total. The molecule has 0 aliphatic carbocycles. The van der Waals surface area contributed by atoms with Crippen molar-refractivity contribution in [3.63, 3.8) is 0 Å². The summed E-state index contributed by atoms with van der Waals surface area (Å²) in [5, 5.41) is 6.10. The first kappa shape index (κ1) is 35.2. The lowest BCUT2D eigenvalue weighted by Crippen LogP contribution is -2.11. The zero-order chi connectivity index (χ0) is 39.8.